The fourth-order valence-electron chi connectivity index (χ4n) is 1.83. The van der Waals surface area contributed by atoms with Crippen molar-refractivity contribution in [3.8, 4) is 0 Å². The van der Waals surface area contributed by atoms with E-state index < -0.39 is 29.3 Å². The fourth-order valence-corrected chi connectivity index (χ4v) is 1.83. The molecule has 0 radical (unpaired) electrons. The number of nitrogens with one attached hydrogen (secondary N) is 1. The zero-order valence-corrected chi connectivity index (χ0v) is 10.6. The zero-order valence-electron chi connectivity index (χ0n) is 10.6. The maximum Gasteiger partial charge on any atom is 0.182 e. The van der Waals surface area contributed by atoms with Gasteiger partial charge in [-0.3, -0.25) is 4.98 Å². The van der Waals surface area contributed by atoms with Crippen LogP contribution in [-0.2, 0) is 0 Å². The monoisotopic (exact) mass is 284 g/mol. The Labute approximate surface area is 113 Å². The number of anilines is 1. The summed E-state index contributed by atoms with van der Waals surface area (Å²) in [5.41, 5.74) is 0.165. The summed E-state index contributed by atoms with van der Waals surface area (Å²) in [6.45, 7) is 1.79. The van der Waals surface area contributed by atoms with Crippen molar-refractivity contribution < 1.29 is 17.6 Å². The molecule has 0 aliphatic heterocycles. The Kier molecular flexibility index (Phi) is 4.22. The summed E-state index contributed by atoms with van der Waals surface area (Å²) in [7, 11) is 0. The zero-order chi connectivity index (χ0) is 14.7. The van der Waals surface area contributed by atoms with Crippen molar-refractivity contribution in [2.24, 2.45) is 0 Å². The van der Waals surface area contributed by atoms with Crippen LogP contribution in [-0.4, -0.2) is 4.98 Å². The first-order valence-corrected chi connectivity index (χ1v) is 6.03. The average Bonchev–Trinajstić information content (AvgIpc) is 2.42. The van der Waals surface area contributed by atoms with E-state index in [4.69, 9.17) is 0 Å². The maximum absolute atomic E-state index is 13.6. The second-order valence-electron chi connectivity index (χ2n) is 4.26. The molecule has 1 atom stereocenters. The SMILES string of the molecule is CCC(Nc1cc(F)cc(F)c1F)c1ccc(F)cn1. The molecule has 20 heavy (non-hydrogen) atoms. The number of nitrogens with zero attached hydrogens (tertiary/aromatic N) is 1. The first kappa shape index (κ1) is 14.3. The summed E-state index contributed by atoms with van der Waals surface area (Å²) in [5, 5.41) is 2.67. The summed E-state index contributed by atoms with van der Waals surface area (Å²) < 4.78 is 52.6. The number of aromatic nitrogens is 1. The second kappa shape index (κ2) is 5.90. The molecule has 2 nitrogen and oxygen atoms in total. The van der Waals surface area contributed by atoms with Crippen molar-refractivity contribution in [1.29, 1.82) is 0 Å². The van der Waals surface area contributed by atoms with Gasteiger partial charge in [0, 0.05) is 12.1 Å². The Balaban J connectivity index is 2.29. The van der Waals surface area contributed by atoms with Gasteiger partial charge in [-0.05, 0) is 18.6 Å². The first-order valence-electron chi connectivity index (χ1n) is 6.03. The largest absolute Gasteiger partial charge is 0.374 e. The highest BCUT2D eigenvalue weighted by Crippen LogP contribution is 2.25. The first-order chi connectivity index (χ1) is 9.51. The van der Waals surface area contributed by atoms with Gasteiger partial charge >= 0.3 is 0 Å². The Morgan fingerprint density at radius 1 is 1.10 bits per heavy atom. The molecule has 1 aromatic heterocycles. The number of hydrogen-bond acceptors (Lipinski definition) is 2. The van der Waals surface area contributed by atoms with Crippen LogP contribution in [0, 0.1) is 23.3 Å². The van der Waals surface area contributed by atoms with Gasteiger partial charge in [-0.2, -0.15) is 0 Å². The molecule has 0 saturated heterocycles. The molecule has 1 heterocycles. The third-order valence-electron chi connectivity index (χ3n) is 2.84. The topological polar surface area (TPSA) is 24.9 Å². The van der Waals surface area contributed by atoms with Gasteiger partial charge in [0.25, 0.3) is 0 Å². The molecule has 0 saturated carbocycles. The van der Waals surface area contributed by atoms with E-state index in [1.54, 1.807) is 6.92 Å². The minimum absolute atomic E-state index is 0.291. The van der Waals surface area contributed by atoms with E-state index >= 15 is 0 Å². The molecule has 0 amide bonds. The lowest BCUT2D eigenvalue weighted by atomic mass is 10.1. The highest BCUT2D eigenvalue weighted by Gasteiger charge is 2.16. The van der Waals surface area contributed by atoms with Gasteiger partial charge in [0.1, 0.15) is 11.6 Å². The minimum atomic E-state index is -1.27. The third-order valence-corrected chi connectivity index (χ3v) is 2.84. The molecule has 0 aliphatic carbocycles. The van der Waals surface area contributed by atoms with Gasteiger partial charge in [-0.25, -0.2) is 17.6 Å². The number of benzene rings is 1. The van der Waals surface area contributed by atoms with E-state index in [1.165, 1.54) is 12.1 Å². The van der Waals surface area contributed by atoms with Crippen LogP contribution in [0.1, 0.15) is 25.1 Å². The van der Waals surface area contributed by atoms with Crippen LogP contribution in [0.3, 0.4) is 0 Å². The standard InChI is InChI=1S/C14H12F4N2/c1-2-11(12-4-3-8(15)7-19-12)20-13-6-9(16)5-10(17)14(13)18/h3-7,11,20H,2H2,1H3. The minimum Gasteiger partial charge on any atom is -0.374 e. The summed E-state index contributed by atoms with van der Waals surface area (Å²) in [5.74, 6) is -3.80. The normalized spacial score (nSPS) is 12.2. The van der Waals surface area contributed by atoms with Crippen LogP contribution >= 0.6 is 0 Å². The van der Waals surface area contributed by atoms with Crippen LogP contribution < -0.4 is 5.32 Å². The van der Waals surface area contributed by atoms with E-state index in [1.807, 2.05) is 0 Å². The molecule has 106 valence electrons. The lowest BCUT2D eigenvalue weighted by Crippen LogP contribution is -2.13. The highest BCUT2D eigenvalue weighted by molar-refractivity contribution is 5.47. The van der Waals surface area contributed by atoms with Crippen molar-refractivity contribution >= 4 is 5.69 Å². The van der Waals surface area contributed by atoms with E-state index in [9.17, 15) is 17.6 Å². The lowest BCUT2D eigenvalue weighted by molar-refractivity contribution is 0.495. The van der Waals surface area contributed by atoms with Crippen molar-refractivity contribution in [3.05, 3.63) is 59.4 Å². The highest BCUT2D eigenvalue weighted by atomic mass is 19.2. The van der Waals surface area contributed by atoms with Gasteiger partial charge in [0.05, 0.1) is 23.6 Å². The number of rotatable bonds is 4. The van der Waals surface area contributed by atoms with Gasteiger partial charge in [-0.15, -0.1) is 0 Å². The molecule has 0 spiro atoms. The third kappa shape index (κ3) is 3.07. The quantitative estimate of drug-likeness (QED) is 0.672. The summed E-state index contributed by atoms with van der Waals surface area (Å²) in [6, 6.07) is 3.51. The molecule has 0 fully saturated rings. The maximum atomic E-state index is 13.6. The number of hydrogen-bond donors (Lipinski definition) is 1. The molecule has 6 heteroatoms. The van der Waals surface area contributed by atoms with Crippen molar-refractivity contribution in [3.63, 3.8) is 0 Å². The molecule has 2 aromatic rings. The summed E-state index contributed by atoms with van der Waals surface area (Å²) >= 11 is 0. The van der Waals surface area contributed by atoms with Crippen LogP contribution in [0.25, 0.3) is 0 Å². The molecule has 0 bridgehead atoms. The Morgan fingerprint density at radius 3 is 2.45 bits per heavy atom. The van der Waals surface area contributed by atoms with Crippen molar-refractivity contribution in [2.45, 2.75) is 19.4 Å². The molecule has 2 rings (SSSR count). The van der Waals surface area contributed by atoms with Gasteiger partial charge < -0.3 is 5.32 Å². The molecule has 1 unspecified atom stereocenters. The van der Waals surface area contributed by atoms with Crippen molar-refractivity contribution in [1.82, 2.24) is 4.98 Å². The second-order valence-corrected chi connectivity index (χ2v) is 4.26. The molecule has 0 aliphatic rings. The van der Waals surface area contributed by atoms with Gasteiger partial charge in [0.2, 0.25) is 0 Å². The Hall–Kier alpha value is -2.11. The molecule has 1 aromatic carbocycles. The predicted molar refractivity (Wildman–Crippen MR) is 67.2 cm³/mol. The lowest BCUT2D eigenvalue weighted by Gasteiger charge is -2.18. The van der Waals surface area contributed by atoms with Gasteiger partial charge in [0.15, 0.2) is 11.6 Å². The van der Waals surface area contributed by atoms with E-state index in [-0.39, 0.29) is 5.69 Å². The van der Waals surface area contributed by atoms with Crippen LogP contribution in [0.15, 0.2) is 30.5 Å². The van der Waals surface area contributed by atoms with Crippen LogP contribution in [0.2, 0.25) is 0 Å². The fraction of sp³-hybridized carbons (Fsp3) is 0.214. The summed E-state index contributed by atoms with van der Waals surface area (Å²) in [4.78, 5) is 3.87. The molecule has 1 N–H and O–H groups in total. The Morgan fingerprint density at radius 2 is 1.85 bits per heavy atom. The van der Waals surface area contributed by atoms with E-state index in [0.717, 1.165) is 12.3 Å². The summed E-state index contributed by atoms with van der Waals surface area (Å²) in [6.07, 6.45) is 1.51. The van der Waals surface area contributed by atoms with Crippen LogP contribution in [0.5, 0.6) is 0 Å². The molecular formula is C14H12F4N2. The van der Waals surface area contributed by atoms with Crippen LogP contribution in [0.4, 0.5) is 23.2 Å². The number of halogens is 4. The molecular weight excluding hydrogens is 272 g/mol. The predicted octanol–water partition coefficient (Wildman–Crippen LogP) is 4.20. The number of pyridine rings is 1. The van der Waals surface area contributed by atoms with Crippen molar-refractivity contribution in [2.75, 3.05) is 5.32 Å². The Bertz CT molecular complexity index is 599. The van der Waals surface area contributed by atoms with E-state index in [2.05, 4.69) is 10.3 Å². The average molecular weight is 284 g/mol. The van der Waals surface area contributed by atoms with Gasteiger partial charge in [-0.1, -0.05) is 6.92 Å². The smallest absolute Gasteiger partial charge is 0.182 e. The van der Waals surface area contributed by atoms with E-state index in [0.29, 0.717) is 18.2 Å².